The van der Waals surface area contributed by atoms with E-state index in [0.29, 0.717) is 30.9 Å². The number of piperidine rings is 1. The molecule has 8 nitrogen and oxygen atoms in total. The molecule has 1 aliphatic rings. The molecule has 1 aromatic carbocycles. The van der Waals surface area contributed by atoms with Gasteiger partial charge in [0.25, 0.3) is 5.91 Å². The van der Waals surface area contributed by atoms with Crippen LogP contribution >= 0.6 is 0 Å². The highest BCUT2D eigenvalue weighted by molar-refractivity contribution is 5.94. The first-order chi connectivity index (χ1) is 13.5. The van der Waals surface area contributed by atoms with Crippen LogP contribution in [0.5, 0.6) is 0 Å². The van der Waals surface area contributed by atoms with Crippen LogP contribution in [-0.4, -0.2) is 59.3 Å². The van der Waals surface area contributed by atoms with E-state index in [1.165, 1.54) is 0 Å². The molecular formula is C20H28N6O2. The number of hydrogen-bond acceptors (Lipinski definition) is 4. The van der Waals surface area contributed by atoms with Crippen LogP contribution in [0.2, 0.25) is 0 Å². The molecule has 1 aromatic heterocycles. The van der Waals surface area contributed by atoms with Crippen molar-refractivity contribution in [1.29, 1.82) is 0 Å². The molecule has 1 aliphatic heterocycles. The van der Waals surface area contributed by atoms with E-state index in [0.717, 1.165) is 18.5 Å². The second kappa shape index (κ2) is 8.88. The minimum absolute atomic E-state index is 0.0217. The number of para-hydroxylation sites is 1. The quantitative estimate of drug-likeness (QED) is 0.701. The predicted molar refractivity (Wildman–Crippen MR) is 108 cm³/mol. The summed E-state index contributed by atoms with van der Waals surface area (Å²) in [5.74, 6) is -0.520. The van der Waals surface area contributed by atoms with Gasteiger partial charge in [-0.2, -0.15) is 5.10 Å². The SMILES string of the molecule is CNCC(C)NC(=O)N1CCCC(c2nn(-c3ccccc3)cc2C(N)=O)C1. The van der Waals surface area contributed by atoms with Crippen LogP contribution in [0, 0.1) is 0 Å². The number of nitrogens with zero attached hydrogens (tertiary/aromatic N) is 3. The van der Waals surface area contributed by atoms with Gasteiger partial charge < -0.3 is 21.3 Å². The summed E-state index contributed by atoms with van der Waals surface area (Å²) in [6.07, 6.45) is 3.40. The van der Waals surface area contributed by atoms with Gasteiger partial charge >= 0.3 is 6.03 Å². The number of nitrogens with two attached hydrogens (primary N) is 1. The highest BCUT2D eigenvalue weighted by Gasteiger charge is 2.30. The maximum Gasteiger partial charge on any atom is 0.317 e. The molecule has 0 spiro atoms. The van der Waals surface area contributed by atoms with Crippen LogP contribution in [-0.2, 0) is 0 Å². The molecule has 0 aliphatic carbocycles. The molecule has 2 unspecified atom stereocenters. The molecule has 1 saturated heterocycles. The average Bonchev–Trinajstić information content (AvgIpc) is 3.15. The Kier molecular flexibility index (Phi) is 6.30. The van der Waals surface area contributed by atoms with Crippen molar-refractivity contribution in [2.45, 2.75) is 31.7 Å². The number of urea groups is 1. The van der Waals surface area contributed by atoms with Gasteiger partial charge in [0.2, 0.25) is 0 Å². The van der Waals surface area contributed by atoms with Gasteiger partial charge in [-0.05, 0) is 38.9 Å². The number of nitrogens with one attached hydrogen (secondary N) is 2. The zero-order chi connectivity index (χ0) is 20.1. The molecule has 1 fully saturated rings. The van der Waals surface area contributed by atoms with Gasteiger partial charge in [0.15, 0.2) is 0 Å². The molecule has 3 rings (SSSR count). The molecule has 0 saturated carbocycles. The first-order valence-corrected chi connectivity index (χ1v) is 9.64. The topological polar surface area (TPSA) is 105 Å². The number of hydrogen-bond donors (Lipinski definition) is 3. The Morgan fingerprint density at radius 1 is 1.32 bits per heavy atom. The van der Waals surface area contributed by atoms with Gasteiger partial charge in [-0.25, -0.2) is 9.48 Å². The summed E-state index contributed by atoms with van der Waals surface area (Å²) >= 11 is 0. The number of carbonyl (C=O) groups excluding carboxylic acids is 2. The minimum Gasteiger partial charge on any atom is -0.365 e. The standard InChI is InChI=1S/C20H28N6O2/c1-14(11-22-2)23-20(28)25-10-6-7-15(12-25)18-17(19(21)27)13-26(24-18)16-8-4-3-5-9-16/h3-5,8-9,13-15,22H,6-7,10-12H2,1-2H3,(H2,21,27)(H,23,28). The lowest BCUT2D eigenvalue weighted by Crippen LogP contribution is -2.49. The summed E-state index contributed by atoms with van der Waals surface area (Å²) in [4.78, 5) is 26.4. The zero-order valence-corrected chi connectivity index (χ0v) is 16.4. The lowest BCUT2D eigenvalue weighted by molar-refractivity contribution is 0.0998. The van der Waals surface area contributed by atoms with Crippen LogP contribution in [0.1, 0.15) is 41.7 Å². The number of likely N-dealkylation sites (N-methyl/N-ethyl adjacent to an activating group) is 1. The normalized spacial score (nSPS) is 17.9. The van der Waals surface area contributed by atoms with Crippen molar-refractivity contribution in [3.05, 3.63) is 47.8 Å². The number of primary amides is 1. The summed E-state index contributed by atoms with van der Waals surface area (Å²) in [6, 6.07) is 9.55. The Bertz CT molecular complexity index is 819. The van der Waals surface area contributed by atoms with E-state index in [9.17, 15) is 9.59 Å². The Morgan fingerprint density at radius 2 is 2.07 bits per heavy atom. The lowest BCUT2D eigenvalue weighted by Gasteiger charge is -2.33. The number of aromatic nitrogens is 2. The molecule has 150 valence electrons. The molecule has 0 bridgehead atoms. The largest absolute Gasteiger partial charge is 0.365 e. The average molecular weight is 384 g/mol. The van der Waals surface area contributed by atoms with Gasteiger partial charge in [0.05, 0.1) is 16.9 Å². The Labute approximate surface area is 165 Å². The third-order valence-corrected chi connectivity index (χ3v) is 5.00. The van der Waals surface area contributed by atoms with E-state index < -0.39 is 5.91 Å². The Morgan fingerprint density at radius 3 is 2.75 bits per heavy atom. The van der Waals surface area contributed by atoms with E-state index >= 15 is 0 Å². The van der Waals surface area contributed by atoms with Crippen LogP contribution in [0.4, 0.5) is 4.79 Å². The molecule has 28 heavy (non-hydrogen) atoms. The summed E-state index contributed by atoms with van der Waals surface area (Å²) in [7, 11) is 1.86. The van der Waals surface area contributed by atoms with E-state index in [-0.39, 0.29) is 18.0 Å². The fourth-order valence-electron chi connectivity index (χ4n) is 3.64. The zero-order valence-electron chi connectivity index (χ0n) is 16.4. The van der Waals surface area contributed by atoms with Crippen molar-refractivity contribution in [2.24, 2.45) is 5.73 Å². The molecule has 0 radical (unpaired) electrons. The Hall–Kier alpha value is -2.87. The third kappa shape index (κ3) is 4.51. The number of benzene rings is 1. The van der Waals surface area contributed by atoms with Crippen LogP contribution in [0.15, 0.2) is 36.5 Å². The number of amides is 3. The molecular weight excluding hydrogens is 356 g/mol. The second-order valence-electron chi connectivity index (χ2n) is 7.27. The summed E-state index contributed by atoms with van der Waals surface area (Å²) in [5.41, 5.74) is 7.56. The summed E-state index contributed by atoms with van der Waals surface area (Å²) in [6.45, 7) is 3.88. The van der Waals surface area contributed by atoms with E-state index in [2.05, 4.69) is 15.7 Å². The summed E-state index contributed by atoms with van der Waals surface area (Å²) in [5, 5.41) is 10.7. The fraction of sp³-hybridized carbons (Fsp3) is 0.450. The van der Waals surface area contributed by atoms with Gasteiger partial charge in [-0.3, -0.25) is 4.79 Å². The monoisotopic (exact) mass is 384 g/mol. The van der Waals surface area contributed by atoms with Gasteiger partial charge in [0.1, 0.15) is 0 Å². The maximum atomic E-state index is 12.6. The predicted octanol–water partition coefficient (Wildman–Crippen LogP) is 1.47. The van der Waals surface area contributed by atoms with Crippen molar-refractivity contribution >= 4 is 11.9 Å². The molecule has 8 heteroatoms. The van der Waals surface area contributed by atoms with E-state index in [1.54, 1.807) is 15.8 Å². The maximum absolute atomic E-state index is 12.6. The number of rotatable bonds is 6. The molecule has 3 amide bonds. The van der Waals surface area contributed by atoms with E-state index in [1.807, 2.05) is 44.3 Å². The minimum atomic E-state index is -0.499. The third-order valence-electron chi connectivity index (χ3n) is 5.00. The van der Waals surface area contributed by atoms with Gasteiger partial charge in [-0.1, -0.05) is 18.2 Å². The van der Waals surface area contributed by atoms with Gasteiger partial charge in [-0.15, -0.1) is 0 Å². The second-order valence-corrected chi connectivity index (χ2v) is 7.27. The summed E-state index contributed by atoms with van der Waals surface area (Å²) < 4.78 is 1.68. The van der Waals surface area contributed by atoms with Crippen LogP contribution in [0.25, 0.3) is 5.69 Å². The lowest BCUT2D eigenvalue weighted by atomic mass is 9.92. The van der Waals surface area contributed by atoms with Crippen molar-refractivity contribution < 1.29 is 9.59 Å². The van der Waals surface area contributed by atoms with Crippen LogP contribution < -0.4 is 16.4 Å². The van der Waals surface area contributed by atoms with Crippen LogP contribution in [0.3, 0.4) is 0 Å². The van der Waals surface area contributed by atoms with Gasteiger partial charge in [0, 0.05) is 37.8 Å². The van der Waals surface area contributed by atoms with Crippen molar-refractivity contribution in [2.75, 3.05) is 26.7 Å². The first-order valence-electron chi connectivity index (χ1n) is 9.64. The highest BCUT2D eigenvalue weighted by atomic mass is 16.2. The first kappa shape index (κ1) is 19.9. The van der Waals surface area contributed by atoms with Crippen molar-refractivity contribution in [1.82, 2.24) is 25.3 Å². The smallest absolute Gasteiger partial charge is 0.317 e. The molecule has 2 aromatic rings. The molecule has 2 heterocycles. The molecule has 2 atom stereocenters. The Balaban J connectivity index is 1.79. The van der Waals surface area contributed by atoms with Crippen molar-refractivity contribution in [3.8, 4) is 5.69 Å². The van der Waals surface area contributed by atoms with E-state index in [4.69, 9.17) is 5.73 Å². The molecule has 4 N–H and O–H groups in total. The number of carbonyl (C=O) groups is 2. The van der Waals surface area contributed by atoms with Crippen molar-refractivity contribution in [3.63, 3.8) is 0 Å². The highest BCUT2D eigenvalue weighted by Crippen LogP contribution is 2.29. The number of likely N-dealkylation sites (tertiary alicyclic amines) is 1. The fourth-order valence-corrected chi connectivity index (χ4v) is 3.64.